The summed E-state index contributed by atoms with van der Waals surface area (Å²) in [4.78, 5) is -0.470. The molecule has 2 fully saturated rings. The van der Waals surface area contributed by atoms with Crippen LogP contribution in [-0.4, -0.2) is 25.3 Å². The molecule has 2 atom stereocenters. The average Bonchev–Trinajstić information content (AvgIpc) is 3.01. The van der Waals surface area contributed by atoms with Crippen LogP contribution in [0, 0.1) is 17.6 Å². The van der Waals surface area contributed by atoms with E-state index < -0.39 is 38.0 Å². The fourth-order valence-corrected chi connectivity index (χ4v) is 5.28. The maximum atomic E-state index is 14.2. The SMILES string of the molecule is O=S(=O)(c1ccc(F)c(CCl)c1F)N1CC2CCC1C2. The van der Waals surface area contributed by atoms with Gasteiger partial charge in [0.05, 0.1) is 5.88 Å². The lowest BCUT2D eigenvalue weighted by atomic mass is 10.1. The van der Waals surface area contributed by atoms with Crippen LogP contribution >= 0.6 is 11.6 Å². The van der Waals surface area contributed by atoms with E-state index in [1.54, 1.807) is 0 Å². The van der Waals surface area contributed by atoms with Crippen molar-refractivity contribution in [3.63, 3.8) is 0 Å². The van der Waals surface area contributed by atoms with Gasteiger partial charge in [0.25, 0.3) is 0 Å². The van der Waals surface area contributed by atoms with Gasteiger partial charge in [0, 0.05) is 18.2 Å². The van der Waals surface area contributed by atoms with Crippen molar-refractivity contribution in [1.29, 1.82) is 0 Å². The standard InChI is InChI=1S/C13H14ClF2NO2S/c14-6-10-11(15)3-4-12(13(10)16)20(18,19)17-7-8-1-2-9(17)5-8/h3-4,8-9H,1-2,5-7H2. The lowest BCUT2D eigenvalue weighted by molar-refractivity contribution is 0.331. The number of hydrogen-bond acceptors (Lipinski definition) is 2. The van der Waals surface area contributed by atoms with Crippen LogP contribution in [0.25, 0.3) is 0 Å². The van der Waals surface area contributed by atoms with Crippen LogP contribution < -0.4 is 0 Å². The lowest BCUT2D eigenvalue weighted by Crippen LogP contribution is -2.38. The second-order valence-corrected chi connectivity index (χ2v) is 7.51. The van der Waals surface area contributed by atoms with E-state index in [2.05, 4.69) is 0 Å². The van der Waals surface area contributed by atoms with Crippen molar-refractivity contribution in [3.05, 3.63) is 29.3 Å². The normalized spacial score (nSPS) is 26.4. The molecule has 1 aliphatic carbocycles. The molecule has 3 nitrogen and oxygen atoms in total. The van der Waals surface area contributed by atoms with Crippen molar-refractivity contribution in [3.8, 4) is 0 Å². The van der Waals surface area contributed by atoms with Crippen LogP contribution in [0.3, 0.4) is 0 Å². The van der Waals surface area contributed by atoms with Crippen LogP contribution in [0.15, 0.2) is 17.0 Å². The topological polar surface area (TPSA) is 37.4 Å². The van der Waals surface area contributed by atoms with E-state index in [-0.39, 0.29) is 6.04 Å². The molecule has 2 unspecified atom stereocenters. The van der Waals surface area contributed by atoms with Crippen molar-refractivity contribution >= 4 is 21.6 Å². The minimum absolute atomic E-state index is 0.0473. The molecule has 0 amide bonds. The molecule has 0 N–H and O–H groups in total. The summed E-state index contributed by atoms with van der Waals surface area (Å²) in [5.74, 6) is -1.92. The van der Waals surface area contributed by atoms with Gasteiger partial charge in [-0.15, -0.1) is 11.6 Å². The highest BCUT2D eigenvalue weighted by atomic mass is 35.5. The van der Waals surface area contributed by atoms with Crippen molar-refractivity contribution in [1.82, 2.24) is 4.31 Å². The van der Waals surface area contributed by atoms with Gasteiger partial charge in [-0.05, 0) is 37.3 Å². The number of hydrogen-bond donors (Lipinski definition) is 0. The Balaban J connectivity index is 2.04. The Bertz CT molecular complexity index is 650. The van der Waals surface area contributed by atoms with Gasteiger partial charge in [-0.25, -0.2) is 17.2 Å². The van der Waals surface area contributed by atoms with E-state index in [0.29, 0.717) is 12.5 Å². The molecule has 1 saturated heterocycles. The summed E-state index contributed by atoms with van der Waals surface area (Å²) >= 11 is 5.49. The summed E-state index contributed by atoms with van der Waals surface area (Å²) in [5.41, 5.74) is -0.392. The van der Waals surface area contributed by atoms with Gasteiger partial charge >= 0.3 is 0 Å². The molecule has 3 rings (SSSR count). The highest BCUT2D eigenvalue weighted by Crippen LogP contribution is 2.41. The average molecular weight is 322 g/mol. The largest absolute Gasteiger partial charge is 0.246 e. The van der Waals surface area contributed by atoms with Crippen molar-refractivity contribution < 1.29 is 17.2 Å². The number of piperidine rings is 1. The highest BCUT2D eigenvalue weighted by molar-refractivity contribution is 7.89. The van der Waals surface area contributed by atoms with Crippen molar-refractivity contribution in [2.45, 2.75) is 36.1 Å². The number of benzene rings is 1. The molecule has 2 bridgehead atoms. The Morgan fingerprint density at radius 1 is 1.30 bits per heavy atom. The summed E-state index contributed by atoms with van der Waals surface area (Å²) in [6.45, 7) is 0.431. The molecule has 2 aliphatic rings. The fourth-order valence-electron chi connectivity index (χ4n) is 3.20. The molecule has 1 aromatic carbocycles. The monoisotopic (exact) mass is 321 g/mol. The zero-order valence-electron chi connectivity index (χ0n) is 10.7. The Morgan fingerprint density at radius 3 is 2.60 bits per heavy atom. The van der Waals surface area contributed by atoms with Gasteiger partial charge in [-0.1, -0.05) is 0 Å². The second kappa shape index (κ2) is 4.93. The number of alkyl halides is 1. The lowest BCUT2D eigenvalue weighted by Gasteiger charge is -2.26. The zero-order chi connectivity index (χ0) is 14.5. The van der Waals surface area contributed by atoms with Gasteiger partial charge in [-0.2, -0.15) is 4.31 Å². The van der Waals surface area contributed by atoms with Gasteiger partial charge < -0.3 is 0 Å². The first-order valence-electron chi connectivity index (χ1n) is 6.50. The van der Waals surface area contributed by atoms with Crippen LogP contribution in [0.2, 0.25) is 0 Å². The minimum atomic E-state index is -3.92. The molecule has 1 heterocycles. The quantitative estimate of drug-likeness (QED) is 0.803. The number of sulfonamides is 1. The smallest absolute Gasteiger partial charge is 0.207 e. The first-order valence-corrected chi connectivity index (χ1v) is 8.47. The third-order valence-corrected chi connectivity index (χ3v) is 6.43. The zero-order valence-corrected chi connectivity index (χ0v) is 12.2. The van der Waals surface area contributed by atoms with E-state index in [9.17, 15) is 17.2 Å². The Kier molecular flexibility index (Phi) is 3.51. The first kappa shape index (κ1) is 14.2. The molecule has 1 saturated carbocycles. The van der Waals surface area contributed by atoms with E-state index >= 15 is 0 Å². The highest BCUT2D eigenvalue weighted by Gasteiger charge is 2.45. The predicted molar refractivity (Wildman–Crippen MR) is 70.9 cm³/mol. The predicted octanol–water partition coefficient (Wildman–Crippen LogP) is 2.88. The summed E-state index contributed by atoms with van der Waals surface area (Å²) in [5, 5.41) is 0. The molecule has 1 aliphatic heterocycles. The summed E-state index contributed by atoms with van der Waals surface area (Å²) in [6.07, 6.45) is 2.68. The Labute approximate surface area is 121 Å². The van der Waals surface area contributed by atoms with Gasteiger partial charge in [-0.3, -0.25) is 0 Å². The van der Waals surface area contributed by atoms with Crippen LogP contribution in [-0.2, 0) is 15.9 Å². The van der Waals surface area contributed by atoms with Gasteiger partial charge in [0.1, 0.15) is 10.7 Å². The van der Waals surface area contributed by atoms with E-state index in [4.69, 9.17) is 11.6 Å². The molecule has 110 valence electrons. The number of rotatable bonds is 3. The molecule has 0 radical (unpaired) electrons. The Morgan fingerprint density at radius 2 is 2.05 bits per heavy atom. The van der Waals surface area contributed by atoms with Gasteiger partial charge in [0.2, 0.25) is 10.0 Å². The molecule has 1 aromatic rings. The molecule has 0 spiro atoms. The third kappa shape index (κ3) is 2.05. The second-order valence-electron chi connectivity index (χ2n) is 5.38. The molecule has 20 heavy (non-hydrogen) atoms. The maximum absolute atomic E-state index is 14.2. The molecule has 7 heteroatoms. The fraction of sp³-hybridized carbons (Fsp3) is 0.538. The minimum Gasteiger partial charge on any atom is -0.207 e. The van der Waals surface area contributed by atoms with Crippen LogP contribution in [0.5, 0.6) is 0 Å². The summed E-state index contributed by atoms with van der Waals surface area (Å²) < 4.78 is 54.1. The van der Waals surface area contributed by atoms with Crippen LogP contribution in [0.1, 0.15) is 24.8 Å². The third-order valence-electron chi connectivity index (χ3n) is 4.23. The van der Waals surface area contributed by atoms with Crippen molar-refractivity contribution in [2.24, 2.45) is 5.92 Å². The van der Waals surface area contributed by atoms with Crippen molar-refractivity contribution in [2.75, 3.05) is 6.54 Å². The van der Waals surface area contributed by atoms with Gasteiger partial charge in [0.15, 0.2) is 5.82 Å². The summed E-state index contributed by atoms with van der Waals surface area (Å²) in [6, 6.07) is 1.90. The first-order chi connectivity index (χ1) is 9.45. The number of fused-ring (bicyclic) bond motifs is 2. The number of halogens is 3. The van der Waals surface area contributed by atoms with Crippen LogP contribution in [0.4, 0.5) is 8.78 Å². The Hall–Kier alpha value is -0.720. The molecular formula is C13H14ClF2NO2S. The molecular weight excluding hydrogens is 308 g/mol. The number of nitrogens with zero attached hydrogens (tertiary/aromatic N) is 1. The van der Waals surface area contributed by atoms with E-state index in [0.717, 1.165) is 31.4 Å². The molecule has 0 aromatic heterocycles. The van der Waals surface area contributed by atoms with E-state index in [1.807, 2.05) is 0 Å². The van der Waals surface area contributed by atoms with E-state index in [1.165, 1.54) is 4.31 Å². The summed E-state index contributed by atoms with van der Waals surface area (Å²) in [7, 11) is -3.92. The maximum Gasteiger partial charge on any atom is 0.246 e.